The summed E-state index contributed by atoms with van der Waals surface area (Å²) < 4.78 is 6.00. The summed E-state index contributed by atoms with van der Waals surface area (Å²) in [7, 11) is 1.62. The Morgan fingerprint density at radius 1 is 1.32 bits per heavy atom. The highest BCUT2D eigenvalue weighted by Crippen LogP contribution is 2.44. The zero-order chi connectivity index (χ0) is 13.4. The molecule has 2 aliphatic rings. The highest BCUT2D eigenvalue weighted by molar-refractivity contribution is 9.10. The summed E-state index contributed by atoms with van der Waals surface area (Å²) in [5, 5.41) is 3.22. The number of hydrogen-bond acceptors (Lipinski definition) is 2. The van der Waals surface area contributed by atoms with Crippen molar-refractivity contribution in [1.29, 1.82) is 0 Å². The third kappa shape index (κ3) is 2.94. The number of carbonyl (C=O) groups is 1. The minimum absolute atomic E-state index is 0.0344. The van der Waals surface area contributed by atoms with Crippen molar-refractivity contribution in [2.24, 2.45) is 11.8 Å². The molecule has 0 saturated heterocycles. The van der Waals surface area contributed by atoms with Crippen LogP contribution in [0.2, 0.25) is 0 Å². The standard InChI is InChI=1S/C15H18BrNO2/c1-19-13-7-6-11(8-12(13)16)15(18)17-14(9-2-3-9)10-4-5-10/h6-10,14H,2-5H2,1H3,(H,17,18). The molecule has 2 saturated carbocycles. The zero-order valence-electron chi connectivity index (χ0n) is 11.0. The van der Waals surface area contributed by atoms with Gasteiger partial charge in [0.25, 0.3) is 5.91 Å². The number of rotatable bonds is 5. The molecule has 2 fully saturated rings. The Bertz CT molecular complexity index is 483. The van der Waals surface area contributed by atoms with Gasteiger partial charge in [-0.05, 0) is 71.6 Å². The van der Waals surface area contributed by atoms with E-state index < -0.39 is 0 Å². The van der Waals surface area contributed by atoms with E-state index in [0.29, 0.717) is 11.6 Å². The quantitative estimate of drug-likeness (QED) is 0.902. The second kappa shape index (κ2) is 5.16. The van der Waals surface area contributed by atoms with E-state index in [2.05, 4.69) is 21.2 Å². The van der Waals surface area contributed by atoms with E-state index >= 15 is 0 Å². The van der Waals surface area contributed by atoms with Crippen molar-refractivity contribution in [2.45, 2.75) is 31.7 Å². The molecule has 19 heavy (non-hydrogen) atoms. The highest BCUT2D eigenvalue weighted by atomic mass is 79.9. The molecule has 0 spiro atoms. The van der Waals surface area contributed by atoms with E-state index in [1.54, 1.807) is 7.11 Å². The molecular formula is C15H18BrNO2. The maximum atomic E-state index is 12.3. The lowest BCUT2D eigenvalue weighted by Crippen LogP contribution is -2.38. The average Bonchev–Trinajstić information content (AvgIpc) is 3.29. The fourth-order valence-electron chi connectivity index (χ4n) is 2.57. The number of ether oxygens (including phenoxy) is 1. The Labute approximate surface area is 121 Å². The third-order valence-electron chi connectivity index (χ3n) is 3.97. The van der Waals surface area contributed by atoms with Crippen LogP contribution in [0.3, 0.4) is 0 Å². The van der Waals surface area contributed by atoms with E-state index in [0.717, 1.165) is 22.1 Å². The Morgan fingerprint density at radius 3 is 2.42 bits per heavy atom. The van der Waals surface area contributed by atoms with Crippen LogP contribution in [0.25, 0.3) is 0 Å². The van der Waals surface area contributed by atoms with Crippen LogP contribution in [0.15, 0.2) is 22.7 Å². The number of carbonyl (C=O) groups excluding carboxylic acids is 1. The first-order valence-electron chi connectivity index (χ1n) is 6.83. The average molecular weight is 324 g/mol. The largest absolute Gasteiger partial charge is 0.496 e. The van der Waals surface area contributed by atoms with E-state index in [1.165, 1.54) is 25.7 Å². The van der Waals surface area contributed by atoms with Crippen molar-refractivity contribution in [3.8, 4) is 5.75 Å². The minimum Gasteiger partial charge on any atom is -0.496 e. The molecular weight excluding hydrogens is 306 g/mol. The summed E-state index contributed by atoms with van der Waals surface area (Å²) in [6.07, 6.45) is 5.09. The molecule has 3 nitrogen and oxygen atoms in total. The van der Waals surface area contributed by atoms with Gasteiger partial charge in [-0.2, -0.15) is 0 Å². The summed E-state index contributed by atoms with van der Waals surface area (Å²) in [4.78, 5) is 12.3. The lowest BCUT2D eigenvalue weighted by atomic mass is 10.1. The van der Waals surface area contributed by atoms with Crippen LogP contribution in [0.1, 0.15) is 36.0 Å². The molecule has 0 aliphatic heterocycles. The number of halogens is 1. The molecule has 3 rings (SSSR count). The first-order chi connectivity index (χ1) is 9.19. The van der Waals surface area contributed by atoms with Crippen LogP contribution in [-0.4, -0.2) is 19.1 Å². The van der Waals surface area contributed by atoms with Crippen LogP contribution in [0.4, 0.5) is 0 Å². The van der Waals surface area contributed by atoms with Crippen molar-refractivity contribution in [1.82, 2.24) is 5.32 Å². The Morgan fingerprint density at radius 2 is 1.95 bits per heavy atom. The van der Waals surface area contributed by atoms with Gasteiger partial charge < -0.3 is 10.1 Å². The van der Waals surface area contributed by atoms with Gasteiger partial charge in [-0.3, -0.25) is 4.79 Å². The molecule has 0 radical (unpaired) electrons. The molecule has 1 aromatic rings. The number of benzene rings is 1. The predicted molar refractivity (Wildman–Crippen MR) is 77.4 cm³/mol. The second-order valence-electron chi connectivity index (χ2n) is 5.52. The van der Waals surface area contributed by atoms with Gasteiger partial charge in [0.1, 0.15) is 5.75 Å². The second-order valence-corrected chi connectivity index (χ2v) is 6.38. The fraction of sp³-hybridized carbons (Fsp3) is 0.533. The normalized spacial score (nSPS) is 18.5. The summed E-state index contributed by atoms with van der Waals surface area (Å²) in [6, 6.07) is 5.86. The summed E-state index contributed by atoms with van der Waals surface area (Å²) in [5.41, 5.74) is 0.693. The van der Waals surface area contributed by atoms with Gasteiger partial charge in [-0.15, -0.1) is 0 Å². The molecule has 2 aliphatic carbocycles. The van der Waals surface area contributed by atoms with Gasteiger partial charge in [-0.1, -0.05) is 0 Å². The van der Waals surface area contributed by atoms with E-state index in [4.69, 9.17) is 4.74 Å². The van der Waals surface area contributed by atoms with Crippen molar-refractivity contribution >= 4 is 21.8 Å². The minimum atomic E-state index is 0.0344. The maximum Gasteiger partial charge on any atom is 0.251 e. The smallest absolute Gasteiger partial charge is 0.251 e. The molecule has 1 aromatic carbocycles. The molecule has 4 heteroatoms. The Kier molecular flexibility index (Phi) is 3.52. The van der Waals surface area contributed by atoms with E-state index in [1.807, 2.05) is 18.2 Å². The molecule has 0 aromatic heterocycles. The van der Waals surface area contributed by atoms with Gasteiger partial charge in [0.2, 0.25) is 0 Å². The highest BCUT2D eigenvalue weighted by Gasteiger charge is 2.42. The Balaban J connectivity index is 1.70. The lowest BCUT2D eigenvalue weighted by Gasteiger charge is -2.18. The number of hydrogen-bond donors (Lipinski definition) is 1. The molecule has 0 atom stereocenters. The number of amides is 1. The molecule has 1 N–H and O–H groups in total. The van der Waals surface area contributed by atoms with Crippen LogP contribution in [0, 0.1) is 11.8 Å². The third-order valence-corrected chi connectivity index (χ3v) is 4.59. The van der Waals surface area contributed by atoms with Crippen molar-refractivity contribution in [3.05, 3.63) is 28.2 Å². The first-order valence-corrected chi connectivity index (χ1v) is 7.62. The predicted octanol–water partition coefficient (Wildman–Crippen LogP) is 3.38. The fourth-order valence-corrected chi connectivity index (χ4v) is 3.11. The van der Waals surface area contributed by atoms with Gasteiger partial charge in [0.05, 0.1) is 11.6 Å². The zero-order valence-corrected chi connectivity index (χ0v) is 12.6. The van der Waals surface area contributed by atoms with Crippen LogP contribution in [-0.2, 0) is 0 Å². The van der Waals surface area contributed by atoms with Gasteiger partial charge in [0, 0.05) is 11.6 Å². The molecule has 0 bridgehead atoms. The Hall–Kier alpha value is -1.03. The first kappa shape index (κ1) is 13.0. The topological polar surface area (TPSA) is 38.3 Å². The van der Waals surface area contributed by atoms with E-state index in [-0.39, 0.29) is 5.91 Å². The van der Waals surface area contributed by atoms with Gasteiger partial charge in [0.15, 0.2) is 0 Å². The number of methoxy groups -OCH3 is 1. The molecule has 102 valence electrons. The summed E-state index contributed by atoms with van der Waals surface area (Å²) >= 11 is 3.42. The molecule has 0 unspecified atom stereocenters. The lowest BCUT2D eigenvalue weighted by molar-refractivity contribution is 0.0926. The molecule has 0 heterocycles. The molecule has 1 amide bonds. The maximum absolute atomic E-state index is 12.3. The number of nitrogens with one attached hydrogen (secondary N) is 1. The van der Waals surface area contributed by atoms with Gasteiger partial charge in [-0.25, -0.2) is 0 Å². The SMILES string of the molecule is COc1ccc(C(=O)NC(C2CC2)C2CC2)cc1Br. The monoisotopic (exact) mass is 323 g/mol. The van der Waals surface area contributed by atoms with Crippen molar-refractivity contribution in [2.75, 3.05) is 7.11 Å². The van der Waals surface area contributed by atoms with Crippen LogP contribution >= 0.6 is 15.9 Å². The van der Waals surface area contributed by atoms with Crippen LogP contribution < -0.4 is 10.1 Å². The van der Waals surface area contributed by atoms with Crippen molar-refractivity contribution in [3.63, 3.8) is 0 Å². The van der Waals surface area contributed by atoms with Gasteiger partial charge >= 0.3 is 0 Å². The van der Waals surface area contributed by atoms with Crippen molar-refractivity contribution < 1.29 is 9.53 Å². The summed E-state index contributed by atoms with van der Waals surface area (Å²) in [6.45, 7) is 0. The summed E-state index contributed by atoms with van der Waals surface area (Å²) in [5.74, 6) is 2.22. The van der Waals surface area contributed by atoms with E-state index in [9.17, 15) is 4.79 Å². The van der Waals surface area contributed by atoms with Crippen LogP contribution in [0.5, 0.6) is 5.75 Å².